The number of hydrogen-bond acceptors (Lipinski definition) is 3. The average molecular weight is 327 g/mol. The predicted octanol–water partition coefficient (Wildman–Crippen LogP) is 3.26. The summed E-state index contributed by atoms with van der Waals surface area (Å²) in [5, 5.41) is 6.05. The van der Waals surface area contributed by atoms with Crippen molar-refractivity contribution in [2.45, 2.75) is 45.8 Å². The van der Waals surface area contributed by atoms with Gasteiger partial charge < -0.3 is 15.4 Å². The van der Waals surface area contributed by atoms with Crippen molar-refractivity contribution in [3.8, 4) is 0 Å². The van der Waals surface area contributed by atoms with Gasteiger partial charge in [-0.15, -0.1) is 0 Å². The van der Waals surface area contributed by atoms with Crippen LogP contribution in [-0.2, 0) is 16.1 Å². The summed E-state index contributed by atoms with van der Waals surface area (Å²) in [6.45, 7) is 6.20. The van der Waals surface area contributed by atoms with E-state index in [9.17, 15) is 9.59 Å². The normalized spacial score (nSPS) is 10.9. The summed E-state index contributed by atoms with van der Waals surface area (Å²) in [4.78, 5) is 23.1. The van der Waals surface area contributed by atoms with Crippen LogP contribution in [0.3, 0.4) is 0 Å². The van der Waals surface area contributed by atoms with Crippen molar-refractivity contribution in [1.29, 1.82) is 0 Å². The lowest BCUT2D eigenvalue weighted by molar-refractivity contribution is -0.121. The molecule has 1 rings (SSSR count). The lowest BCUT2D eigenvalue weighted by Gasteiger charge is -2.19. The fraction of sp³-hybridized carbons (Fsp3) is 0.500. The second-order valence-electron chi connectivity index (χ2n) is 5.90. The number of benzene rings is 1. The van der Waals surface area contributed by atoms with Crippen LogP contribution in [0, 0.1) is 0 Å². The first-order valence-electron chi connectivity index (χ1n) is 7.25. The van der Waals surface area contributed by atoms with Crippen molar-refractivity contribution >= 4 is 23.6 Å². The van der Waals surface area contributed by atoms with Gasteiger partial charge >= 0.3 is 6.09 Å². The summed E-state index contributed by atoms with van der Waals surface area (Å²) in [6, 6.07) is 7.37. The van der Waals surface area contributed by atoms with Crippen LogP contribution < -0.4 is 10.6 Å². The van der Waals surface area contributed by atoms with E-state index in [1.807, 2.05) is 18.2 Å². The second-order valence-corrected chi connectivity index (χ2v) is 6.31. The Hall–Kier alpha value is -1.75. The minimum atomic E-state index is -0.517. The number of amides is 2. The Kier molecular flexibility index (Phi) is 7.18. The van der Waals surface area contributed by atoms with Gasteiger partial charge in [0.1, 0.15) is 5.60 Å². The van der Waals surface area contributed by atoms with Crippen LogP contribution in [0.4, 0.5) is 4.79 Å². The van der Waals surface area contributed by atoms with E-state index in [2.05, 4.69) is 10.6 Å². The van der Waals surface area contributed by atoms with Gasteiger partial charge in [0, 0.05) is 24.5 Å². The fourth-order valence-electron chi connectivity index (χ4n) is 1.68. The average Bonchev–Trinajstić information content (AvgIpc) is 2.41. The van der Waals surface area contributed by atoms with Crippen LogP contribution in [0.15, 0.2) is 24.3 Å². The Labute approximate surface area is 136 Å². The highest BCUT2D eigenvalue weighted by molar-refractivity contribution is 6.31. The number of rotatable bonds is 6. The lowest BCUT2D eigenvalue weighted by Crippen LogP contribution is -2.33. The van der Waals surface area contributed by atoms with Gasteiger partial charge in [0.25, 0.3) is 0 Å². The van der Waals surface area contributed by atoms with Crippen LogP contribution in [-0.4, -0.2) is 24.1 Å². The minimum Gasteiger partial charge on any atom is -0.444 e. The van der Waals surface area contributed by atoms with Crippen LogP contribution in [0.5, 0.6) is 0 Å². The highest BCUT2D eigenvalue weighted by atomic mass is 35.5. The third-order valence-corrected chi connectivity index (χ3v) is 3.05. The van der Waals surface area contributed by atoms with Crippen molar-refractivity contribution in [1.82, 2.24) is 10.6 Å². The molecule has 22 heavy (non-hydrogen) atoms. The van der Waals surface area contributed by atoms with E-state index in [4.69, 9.17) is 16.3 Å². The summed E-state index contributed by atoms with van der Waals surface area (Å²) in [5.74, 6) is -0.0779. The zero-order chi connectivity index (χ0) is 16.6. The van der Waals surface area contributed by atoms with Crippen molar-refractivity contribution in [2.24, 2.45) is 0 Å². The van der Waals surface area contributed by atoms with Gasteiger partial charge in [-0.3, -0.25) is 4.79 Å². The van der Waals surface area contributed by atoms with E-state index in [0.717, 1.165) is 5.56 Å². The van der Waals surface area contributed by atoms with Crippen molar-refractivity contribution in [3.05, 3.63) is 34.9 Å². The molecule has 0 bridgehead atoms. The Bertz CT molecular complexity index is 512. The largest absolute Gasteiger partial charge is 0.444 e. The van der Waals surface area contributed by atoms with Crippen LogP contribution >= 0.6 is 11.6 Å². The first kappa shape index (κ1) is 18.3. The molecule has 0 aliphatic rings. The topological polar surface area (TPSA) is 67.4 Å². The monoisotopic (exact) mass is 326 g/mol. The molecule has 2 N–H and O–H groups in total. The Morgan fingerprint density at radius 1 is 1.18 bits per heavy atom. The van der Waals surface area contributed by atoms with Crippen molar-refractivity contribution in [2.75, 3.05) is 6.54 Å². The number of alkyl carbamates (subject to hydrolysis) is 1. The van der Waals surface area contributed by atoms with Crippen LogP contribution in [0.2, 0.25) is 5.02 Å². The van der Waals surface area contributed by atoms with Crippen molar-refractivity contribution in [3.63, 3.8) is 0 Å². The van der Waals surface area contributed by atoms with E-state index >= 15 is 0 Å². The molecular weight excluding hydrogens is 304 g/mol. The molecule has 0 radical (unpaired) electrons. The first-order valence-corrected chi connectivity index (χ1v) is 7.63. The maximum Gasteiger partial charge on any atom is 0.407 e. The molecule has 122 valence electrons. The van der Waals surface area contributed by atoms with E-state index < -0.39 is 11.7 Å². The lowest BCUT2D eigenvalue weighted by atomic mass is 10.2. The quantitative estimate of drug-likeness (QED) is 0.788. The molecule has 0 saturated carbocycles. The summed E-state index contributed by atoms with van der Waals surface area (Å²) < 4.78 is 5.10. The number of hydrogen-bond donors (Lipinski definition) is 2. The number of ether oxygens (including phenoxy) is 1. The summed E-state index contributed by atoms with van der Waals surface area (Å²) in [6.07, 6.45) is 0.414. The van der Waals surface area contributed by atoms with Crippen LogP contribution in [0.1, 0.15) is 39.2 Å². The molecule has 0 aliphatic heterocycles. The molecule has 1 aromatic rings. The molecule has 5 nitrogen and oxygen atoms in total. The standard InChI is InChI=1S/C16H23ClN2O3/c1-16(2,3)22-15(21)18-10-6-9-14(20)19-11-12-7-4-5-8-13(12)17/h4-5,7-8H,6,9-11H2,1-3H3,(H,18,21)(H,19,20). The highest BCUT2D eigenvalue weighted by Crippen LogP contribution is 2.14. The zero-order valence-electron chi connectivity index (χ0n) is 13.2. The fourth-order valence-corrected chi connectivity index (χ4v) is 1.88. The summed E-state index contributed by atoms with van der Waals surface area (Å²) >= 11 is 6.01. The Morgan fingerprint density at radius 2 is 1.86 bits per heavy atom. The second kappa shape index (κ2) is 8.63. The molecule has 0 saturated heterocycles. The number of carbonyl (C=O) groups is 2. The number of carbonyl (C=O) groups excluding carboxylic acids is 2. The minimum absolute atomic E-state index is 0.0779. The first-order chi connectivity index (χ1) is 10.3. The molecule has 0 atom stereocenters. The number of nitrogens with one attached hydrogen (secondary N) is 2. The van der Waals surface area contributed by atoms with Gasteiger partial charge in [-0.1, -0.05) is 29.8 Å². The number of halogens is 1. The molecule has 0 aliphatic carbocycles. The maximum atomic E-state index is 11.7. The summed E-state index contributed by atoms with van der Waals surface area (Å²) in [5.41, 5.74) is 0.362. The highest BCUT2D eigenvalue weighted by Gasteiger charge is 2.15. The van der Waals surface area contributed by atoms with E-state index in [-0.39, 0.29) is 5.91 Å². The molecule has 0 unspecified atom stereocenters. The third kappa shape index (κ3) is 7.88. The van der Waals surface area contributed by atoms with Gasteiger partial charge in [0.2, 0.25) is 5.91 Å². The zero-order valence-corrected chi connectivity index (χ0v) is 14.0. The van der Waals surface area contributed by atoms with Gasteiger partial charge in [-0.25, -0.2) is 4.79 Å². The molecule has 1 aromatic carbocycles. The molecule has 6 heteroatoms. The van der Waals surface area contributed by atoms with Gasteiger partial charge in [-0.2, -0.15) is 0 Å². The molecule has 0 heterocycles. The third-order valence-electron chi connectivity index (χ3n) is 2.68. The SMILES string of the molecule is CC(C)(C)OC(=O)NCCCC(=O)NCc1ccccc1Cl. The molecular formula is C16H23ClN2O3. The Morgan fingerprint density at radius 3 is 2.50 bits per heavy atom. The Balaban J connectivity index is 2.16. The maximum absolute atomic E-state index is 11.7. The van der Waals surface area contributed by atoms with E-state index in [1.54, 1.807) is 26.8 Å². The van der Waals surface area contributed by atoms with Gasteiger partial charge in [0.15, 0.2) is 0 Å². The smallest absolute Gasteiger partial charge is 0.407 e. The van der Waals surface area contributed by atoms with E-state index in [1.165, 1.54) is 0 Å². The van der Waals surface area contributed by atoms with E-state index in [0.29, 0.717) is 31.0 Å². The van der Waals surface area contributed by atoms with Gasteiger partial charge in [0.05, 0.1) is 0 Å². The van der Waals surface area contributed by atoms with Crippen molar-refractivity contribution < 1.29 is 14.3 Å². The molecule has 0 spiro atoms. The molecule has 0 fully saturated rings. The van der Waals surface area contributed by atoms with Crippen LogP contribution in [0.25, 0.3) is 0 Å². The van der Waals surface area contributed by atoms with Gasteiger partial charge in [-0.05, 0) is 38.8 Å². The molecule has 2 amide bonds. The molecule has 0 aromatic heterocycles. The predicted molar refractivity (Wildman–Crippen MR) is 86.8 cm³/mol. The summed E-state index contributed by atoms with van der Waals surface area (Å²) in [7, 11) is 0.